The lowest BCUT2D eigenvalue weighted by Gasteiger charge is -2.37. The van der Waals surface area contributed by atoms with Crippen LogP contribution in [0, 0.1) is 0 Å². The quantitative estimate of drug-likeness (QED) is 0.686. The lowest BCUT2D eigenvalue weighted by molar-refractivity contribution is -0.142. The molecular formula is C24H25N3O5S. The van der Waals surface area contributed by atoms with Crippen LogP contribution in [-0.2, 0) is 19.1 Å². The molecule has 33 heavy (non-hydrogen) atoms. The van der Waals surface area contributed by atoms with Crippen LogP contribution in [0.1, 0.15) is 6.42 Å². The molecule has 0 N–H and O–H groups in total. The van der Waals surface area contributed by atoms with Crippen molar-refractivity contribution in [2.24, 2.45) is 0 Å². The maximum atomic E-state index is 13.3. The summed E-state index contributed by atoms with van der Waals surface area (Å²) in [6.45, 7) is 2.47. The Bertz CT molecular complexity index is 1070. The van der Waals surface area contributed by atoms with E-state index in [1.165, 1.54) is 11.8 Å². The lowest BCUT2D eigenvalue weighted by atomic mass is 10.1. The number of fused-ring (bicyclic) bond motifs is 2. The van der Waals surface area contributed by atoms with Gasteiger partial charge in [-0.2, -0.15) is 0 Å². The summed E-state index contributed by atoms with van der Waals surface area (Å²) in [5, 5.41) is 0. The maximum absolute atomic E-state index is 13.3. The summed E-state index contributed by atoms with van der Waals surface area (Å²) in [6.07, 6.45) is -0.618. The van der Waals surface area contributed by atoms with E-state index in [0.717, 1.165) is 10.6 Å². The van der Waals surface area contributed by atoms with Crippen molar-refractivity contribution in [3.63, 3.8) is 0 Å². The Morgan fingerprint density at radius 2 is 1.73 bits per heavy atom. The number of anilines is 2. The van der Waals surface area contributed by atoms with Gasteiger partial charge in [0.2, 0.25) is 11.8 Å². The third-order valence-electron chi connectivity index (χ3n) is 6.03. The van der Waals surface area contributed by atoms with Crippen molar-refractivity contribution in [1.82, 2.24) is 4.90 Å². The molecule has 0 bridgehead atoms. The molecule has 9 heteroatoms. The Labute approximate surface area is 196 Å². The lowest BCUT2D eigenvalue weighted by Crippen LogP contribution is -2.54. The smallest absolute Gasteiger partial charge is 0.265 e. The summed E-state index contributed by atoms with van der Waals surface area (Å²) in [6, 6.07) is 15.0. The second-order valence-corrected chi connectivity index (χ2v) is 9.09. The van der Waals surface area contributed by atoms with E-state index in [4.69, 9.17) is 9.47 Å². The molecule has 5 rings (SSSR count). The number of amides is 3. The molecule has 0 aromatic heterocycles. The van der Waals surface area contributed by atoms with Crippen LogP contribution in [0.25, 0.3) is 0 Å². The van der Waals surface area contributed by atoms with Crippen LogP contribution in [0.4, 0.5) is 11.4 Å². The Hall–Kier alpha value is -3.04. The third-order valence-corrected chi connectivity index (χ3v) is 7.08. The van der Waals surface area contributed by atoms with Crippen LogP contribution in [0.3, 0.4) is 0 Å². The largest absolute Gasteiger partial charge is 0.476 e. The predicted molar refractivity (Wildman–Crippen MR) is 125 cm³/mol. The van der Waals surface area contributed by atoms with Crippen LogP contribution in [0.15, 0.2) is 53.4 Å². The molecule has 3 amide bonds. The van der Waals surface area contributed by atoms with Gasteiger partial charge in [-0.05, 0) is 24.3 Å². The normalized spacial score (nSPS) is 20.1. The first kappa shape index (κ1) is 21.8. The molecule has 1 fully saturated rings. The SMILES string of the molecule is O=C(C1CN(C(=O)CCN2C(=O)CSc3ccccc32)c2ccccc2O1)N1CCOCC1. The topological polar surface area (TPSA) is 79.4 Å². The molecule has 0 aliphatic carbocycles. The van der Waals surface area contributed by atoms with Crippen molar-refractivity contribution in [3.8, 4) is 5.75 Å². The first-order chi connectivity index (χ1) is 16.1. The monoisotopic (exact) mass is 467 g/mol. The highest BCUT2D eigenvalue weighted by Crippen LogP contribution is 2.36. The zero-order chi connectivity index (χ0) is 22.8. The van der Waals surface area contributed by atoms with Crippen LogP contribution in [0.2, 0.25) is 0 Å². The average Bonchev–Trinajstić information content (AvgIpc) is 2.87. The van der Waals surface area contributed by atoms with Gasteiger partial charge in [0.1, 0.15) is 5.75 Å². The van der Waals surface area contributed by atoms with Crippen molar-refractivity contribution in [1.29, 1.82) is 0 Å². The minimum Gasteiger partial charge on any atom is -0.476 e. The molecule has 0 radical (unpaired) electrons. The van der Waals surface area contributed by atoms with E-state index in [1.54, 1.807) is 20.8 Å². The van der Waals surface area contributed by atoms with E-state index < -0.39 is 6.10 Å². The Morgan fingerprint density at radius 3 is 2.55 bits per heavy atom. The van der Waals surface area contributed by atoms with E-state index in [-0.39, 0.29) is 37.2 Å². The molecule has 1 unspecified atom stereocenters. The molecule has 2 aromatic carbocycles. The summed E-state index contributed by atoms with van der Waals surface area (Å²) in [5.74, 6) is 0.590. The fraction of sp³-hybridized carbons (Fsp3) is 0.375. The number of nitrogens with zero attached hydrogens (tertiary/aromatic N) is 3. The van der Waals surface area contributed by atoms with Gasteiger partial charge in [0.25, 0.3) is 5.91 Å². The highest BCUT2D eigenvalue weighted by atomic mass is 32.2. The molecule has 1 atom stereocenters. The number of rotatable bonds is 4. The number of ether oxygens (including phenoxy) is 2. The van der Waals surface area contributed by atoms with Gasteiger partial charge in [0.15, 0.2) is 6.10 Å². The van der Waals surface area contributed by atoms with Gasteiger partial charge < -0.3 is 24.2 Å². The van der Waals surface area contributed by atoms with Crippen molar-refractivity contribution >= 4 is 40.9 Å². The van der Waals surface area contributed by atoms with E-state index in [9.17, 15) is 14.4 Å². The number of carbonyl (C=O) groups is 3. The molecule has 0 spiro atoms. The fourth-order valence-electron chi connectivity index (χ4n) is 4.33. The van der Waals surface area contributed by atoms with E-state index in [1.807, 2.05) is 42.5 Å². The molecule has 3 aliphatic rings. The zero-order valence-corrected chi connectivity index (χ0v) is 19.0. The molecule has 3 heterocycles. The van der Waals surface area contributed by atoms with Gasteiger partial charge in [-0.1, -0.05) is 24.3 Å². The van der Waals surface area contributed by atoms with Gasteiger partial charge in [-0.15, -0.1) is 11.8 Å². The van der Waals surface area contributed by atoms with Crippen molar-refractivity contribution < 1.29 is 23.9 Å². The summed E-state index contributed by atoms with van der Waals surface area (Å²) in [5.41, 5.74) is 1.49. The molecular weight excluding hydrogens is 442 g/mol. The highest BCUT2D eigenvalue weighted by molar-refractivity contribution is 8.00. The minimum atomic E-state index is -0.768. The third kappa shape index (κ3) is 4.43. The summed E-state index contributed by atoms with van der Waals surface area (Å²) < 4.78 is 11.3. The number of para-hydroxylation sites is 3. The number of thioether (sulfide) groups is 1. The Balaban J connectivity index is 1.32. The van der Waals surface area contributed by atoms with Crippen LogP contribution in [0.5, 0.6) is 5.75 Å². The van der Waals surface area contributed by atoms with E-state index >= 15 is 0 Å². The maximum Gasteiger partial charge on any atom is 0.265 e. The molecule has 1 saturated heterocycles. The molecule has 2 aromatic rings. The highest BCUT2D eigenvalue weighted by Gasteiger charge is 2.36. The van der Waals surface area contributed by atoms with E-state index in [0.29, 0.717) is 43.5 Å². The molecule has 8 nitrogen and oxygen atoms in total. The van der Waals surface area contributed by atoms with Gasteiger partial charge in [0, 0.05) is 31.0 Å². The Kier molecular flexibility index (Phi) is 6.24. The van der Waals surface area contributed by atoms with Gasteiger partial charge in [-0.25, -0.2) is 0 Å². The Morgan fingerprint density at radius 1 is 1.00 bits per heavy atom. The second-order valence-electron chi connectivity index (χ2n) is 8.07. The minimum absolute atomic E-state index is 0.00532. The standard InChI is InChI=1S/C24H25N3O5S/c28-22(9-10-26-18-6-2-4-8-21(18)33-16-23(26)29)27-15-20(24(30)25-11-13-31-14-12-25)32-19-7-3-1-5-17(19)27/h1-8,20H,9-16H2. The average molecular weight is 468 g/mol. The van der Waals surface area contributed by atoms with Crippen LogP contribution >= 0.6 is 11.8 Å². The van der Waals surface area contributed by atoms with Gasteiger partial charge >= 0.3 is 0 Å². The number of benzene rings is 2. The molecule has 3 aliphatic heterocycles. The predicted octanol–water partition coefficient (Wildman–Crippen LogP) is 2.17. The summed E-state index contributed by atoms with van der Waals surface area (Å²) >= 11 is 1.52. The summed E-state index contributed by atoms with van der Waals surface area (Å²) in [7, 11) is 0. The first-order valence-corrected chi connectivity index (χ1v) is 12.0. The first-order valence-electron chi connectivity index (χ1n) is 11.1. The molecule has 172 valence electrons. The van der Waals surface area contributed by atoms with Gasteiger partial charge in [0.05, 0.1) is 36.9 Å². The van der Waals surface area contributed by atoms with Crippen LogP contribution in [-0.4, -0.2) is 73.9 Å². The van der Waals surface area contributed by atoms with Crippen molar-refractivity contribution in [3.05, 3.63) is 48.5 Å². The van der Waals surface area contributed by atoms with Gasteiger partial charge in [-0.3, -0.25) is 14.4 Å². The van der Waals surface area contributed by atoms with Crippen molar-refractivity contribution in [2.75, 3.05) is 54.9 Å². The van der Waals surface area contributed by atoms with Crippen LogP contribution < -0.4 is 14.5 Å². The van der Waals surface area contributed by atoms with Crippen molar-refractivity contribution in [2.45, 2.75) is 17.4 Å². The number of carbonyl (C=O) groups excluding carboxylic acids is 3. The second kappa shape index (κ2) is 9.44. The zero-order valence-electron chi connectivity index (χ0n) is 18.1. The molecule has 0 saturated carbocycles. The van der Waals surface area contributed by atoms with E-state index in [2.05, 4.69) is 0 Å². The number of hydrogen-bond donors (Lipinski definition) is 0. The number of hydrogen-bond acceptors (Lipinski definition) is 6. The summed E-state index contributed by atoms with van der Waals surface area (Å²) in [4.78, 5) is 45.1. The fourth-order valence-corrected chi connectivity index (χ4v) is 5.26. The number of morpholine rings is 1.